The Hall–Kier alpha value is -2.97. The third-order valence-electron chi connectivity index (χ3n) is 4.72. The van der Waals surface area contributed by atoms with Gasteiger partial charge in [0.1, 0.15) is 5.75 Å². The van der Waals surface area contributed by atoms with Gasteiger partial charge >= 0.3 is 0 Å². The van der Waals surface area contributed by atoms with Crippen LogP contribution in [-0.4, -0.2) is 36.1 Å². The van der Waals surface area contributed by atoms with Crippen molar-refractivity contribution in [2.45, 2.75) is 27.0 Å². The van der Waals surface area contributed by atoms with Crippen LogP contribution in [0.3, 0.4) is 0 Å². The van der Waals surface area contributed by atoms with Gasteiger partial charge in [0.2, 0.25) is 5.91 Å². The fraction of sp³-hybridized carbons (Fsp3) is 0.350. The van der Waals surface area contributed by atoms with E-state index in [2.05, 4.69) is 5.32 Å². The molecule has 1 amide bonds. The number of anilines is 1. The van der Waals surface area contributed by atoms with E-state index in [1.165, 1.54) is 12.1 Å². The maximum Gasteiger partial charge on any atom is 0.270 e. The molecule has 0 radical (unpaired) electrons. The SMILES string of the molecule is Cc1cccc(NC(=O)CN(C)Cc2cc([N+](=O)[O-])cc3c2OCOC3)c1C. The molecule has 148 valence electrons. The molecule has 0 saturated heterocycles. The number of benzene rings is 2. The number of ether oxygens (including phenoxy) is 2. The van der Waals surface area contributed by atoms with Gasteiger partial charge in [0.25, 0.3) is 5.69 Å². The highest BCUT2D eigenvalue weighted by Gasteiger charge is 2.22. The molecule has 1 heterocycles. The van der Waals surface area contributed by atoms with E-state index in [-0.39, 0.29) is 31.5 Å². The third-order valence-corrected chi connectivity index (χ3v) is 4.72. The lowest BCUT2D eigenvalue weighted by atomic mass is 10.1. The largest absolute Gasteiger partial charge is 0.467 e. The zero-order valence-corrected chi connectivity index (χ0v) is 16.2. The minimum atomic E-state index is -0.439. The molecule has 8 nitrogen and oxygen atoms in total. The van der Waals surface area contributed by atoms with Crippen LogP contribution in [0.5, 0.6) is 5.75 Å². The molecule has 0 fully saturated rings. The normalized spacial score (nSPS) is 13.0. The lowest BCUT2D eigenvalue weighted by Crippen LogP contribution is -2.30. The van der Waals surface area contributed by atoms with Crippen LogP contribution in [0.2, 0.25) is 0 Å². The zero-order chi connectivity index (χ0) is 20.3. The number of hydrogen-bond acceptors (Lipinski definition) is 6. The number of rotatable bonds is 6. The molecule has 1 N–H and O–H groups in total. The van der Waals surface area contributed by atoms with Crippen molar-refractivity contribution in [3.8, 4) is 5.75 Å². The first-order valence-corrected chi connectivity index (χ1v) is 8.90. The number of nitrogens with zero attached hydrogens (tertiary/aromatic N) is 2. The van der Waals surface area contributed by atoms with Crippen LogP contribution >= 0.6 is 0 Å². The molecule has 8 heteroatoms. The molecule has 0 atom stereocenters. The van der Waals surface area contributed by atoms with Crippen molar-refractivity contribution in [1.29, 1.82) is 0 Å². The molecule has 0 spiro atoms. The Labute approximate surface area is 163 Å². The molecule has 2 aromatic carbocycles. The van der Waals surface area contributed by atoms with Gasteiger partial charge in [-0.2, -0.15) is 0 Å². The van der Waals surface area contributed by atoms with E-state index in [1.54, 1.807) is 11.9 Å². The summed E-state index contributed by atoms with van der Waals surface area (Å²) < 4.78 is 10.8. The monoisotopic (exact) mass is 385 g/mol. The van der Waals surface area contributed by atoms with Gasteiger partial charge in [0.05, 0.1) is 18.1 Å². The fourth-order valence-corrected chi connectivity index (χ4v) is 3.17. The Kier molecular flexibility index (Phi) is 5.91. The number of carbonyl (C=O) groups is 1. The van der Waals surface area contributed by atoms with Gasteiger partial charge in [-0.1, -0.05) is 12.1 Å². The Morgan fingerprint density at radius 3 is 2.86 bits per heavy atom. The summed E-state index contributed by atoms with van der Waals surface area (Å²) in [6.07, 6.45) is 0. The molecule has 3 rings (SSSR count). The molecule has 0 aliphatic carbocycles. The van der Waals surface area contributed by atoms with Crippen molar-refractivity contribution in [1.82, 2.24) is 4.90 Å². The molecule has 1 aliphatic rings. The average Bonchev–Trinajstić information content (AvgIpc) is 2.65. The fourth-order valence-electron chi connectivity index (χ4n) is 3.17. The first-order chi connectivity index (χ1) is 13.3. The molecule has 0 aromatic heterocycles. The van der Waals surface area contributed by atoms with Gasteiger partial charge in [-0.05, 0) is 38.1 Å². The lowest BCUT2D eigenvalue weighted by molar-refractivity contribution is -0.385. The maximum atomic E-state index is 12.4. The van der Waals surface area contributed by atoms with Crippen LogP contribution in [0, 0.1) is 24.0 Å². The smallest absolute Gasteiger partial charge is 0.270 e. The van der Waals surface area contributed by atoms with Gasteiger partial charge in [0, 0.05) is 35.5 Å². The van der Waals surface area contributed by atoms with Crippen molar-refractivity contribution < 1.29 is 19.2 Å². The van der Waals surface area contributed by atoms with Gasteiger partial charge in [-0.15, -0.1) is 0 Å². The van der Waals surface area contributed by atoms with Crippen LogP contribution in [-0.2, 0) is 22.7 Å². The second kappa shape index (κ2) is 8.37. The van der Waals surface area contributed by atoms with E-state index >= 15 is 0 Å². The van der Waals surface area contributed by atoms with Crippen LogP contribution in [0.15, 0.2) is 30.3 Å². The van der Waals surface area contributed by atoms with Crippen molar-refractivity contribution in [2.24, 2.45) is 0 Å². The average molecular weight is 385 g/mol. The molecule has 0 bridgehead atoms. The first-order valence-electron chi connectivity index (χ1n) is 8.90. The van der Waals surface area contributed by atoms with Crippen molar-refractivity contribution in [2.75, 3.05) is 25.7 Å². The van der Waals surface area contributed by atoms with E-state index in [1.807, 2.05) is 32.0 Å². The van der Waals surface area contributed by atoms with Crippen LogP contribution in [0.25, 0.3) is 0 Å². The number of hydrogen-bond donors (Lipinski definition) is 1. The zero-order valence-electron chi connectivity index (χ0n) is 16.2. The van der Waals surface area contributed by atoms with Gasteiger partial charge in [-0.25, -0.2) is 0 Å². The number of carbonyl (C=O) groups excluding carboxylic acids is 1. The Balaban J connectivity index is 1.71. The number of fused-ring (bicyclic) bond motifs is 1. The highest BCUT2D eigenvalue weighted by atomic mass is 16.7. The molecular formula is C20H23N3O5. The predicted molar refractivity (Wildman–Crippen MR) is 104 cm³/mol. The van der Waals surface area contributed by atoms with Crippen molar-refractivity contribution in [3.63, 3.8) is 0 Å². The first kappa shape index (κ1) is 19.8. The van der Waals surface area contributed by atoms with Crippen LogP contribution < -0.4 is 10.1 Å². The Morgan fingerprint density at radius 2 is 2.11 bits per heavy atom. The summed E-state index contributed by atoms with van der Waals surface area (Å²) in [6.45, 7) is 4.80. The Bertz CT molecular complexity index is 913. The van der Waals surface area contributed by atoms with E-state index in [9.17, 15) is 14.9 Å². The summed E-state index contributed by atoms with van der Waals surface area (Å²) in [7, 11) is 1.78. The lowest BCUT2D eigenvalue weighted by Gasteiger charge is -2.23. The predicted octanol–water partition coefficient (Wildman–Crippen LogP) is 3.15. The maximum absolute atomic E-state index is 12.4. The summed E-state index contributed by atoms with van der Waals surface area (Å²) in [5.41, 5.74) is 4.20. The van der Waals surface area contributed by atoms with Crippen LogP contribution in [0.4, 0.5) is 11.4 Å². The second-order valence-electron chi connectivity index (χ2n) is 6.93. The summed E-state index contributed by atoms with van der Waals surface area (Å²) in [4.78, 5) is 25.0. The summed E-state index contributed by atoms with van der Waals surface area (Å²) in [5, 5.41) is 14.1. The summed E-state index contributed by atoms with van der Waals surface area (Å²) in [6, 6.07) is 8.71. The standard InChI is InChI=1S/C20H23N3O5/c1-13-5-4-6-18(14(13)2)21-19(24)10-22(3)9-15-7-17(23(25)26)8-16-11-27-12-28-20(15)16/h4-8H,9-12H2,1-3H3,(H,21,24). The molecule has 28 heavy (non-hydrogen) atoms. The van der Waals surface area contributed by atoms with Gasteiger partial charge in [0.15, 0.2) is 6.79 Å². The van der Waals surface area contributed by atoms with Gasteiger partial charge in [-0.3, -0.25) is 19.8 Å². The minimum absolute atomic E-state index is 0.0175. The van der Waals surface area contributed by atoms with Crippen LogP contribution in [0.1, 0.15) is 22.3 Å². The highest BCUT2D eigenvalue weighted by Crippen LogP contribution is 2.33. The number of aryl methyl sites for hydroxylation is 1. The van der Waals surface area contributed by atoms with Crippen molar-refractivity contribution in [3.05, 3.63) is 62.7 Å². The van der Waals surface area contributed by atoms with Crippen molar-refractivity contribution >= 4 is 17.3 Å². The van der Waals surface area contributed by atoms with E-state index in [4.69, 9.17) is 9.47 Å². The topological polar surface area (TPSA) is 93.9 Å². The number of likely N-dealkylation sites (N-methyl/N-ethyl adjacent to an activating group) is 1. The quantitative estimate of drug-likeness (QED) is 0.606. The number of non-ortho nitro benzene ring substituents is 1. The molecule has 0 unspecified atom stereocenters. The minimum Gasteiger partial charge on any atom is -0.467 e. The molecule has 0 saturated carbocycles. The molecular weight excluding hydrogens is 362 g/mol. The number of nitro groups is 1. The van der Waals surface area contributed by atoms with E-state index in [0.29, 0.717) is 23.4 Å². The number of amides is 1. The summed E-state index contributed by atoms with van der Waals surface area (Å²) in [5.74, 6) is 0.443. The number of nitrogens with one attached hydrogen (secondary N) is 1. The third kappa shape index (κ3) is 4.47. The Morgan fingerprint density at radius 1 is 1.32 bits per heavy atom. The van der Waals surface area contributed by atoms with E-state index in [0.717, 1.165) is 16.8 Å². The van der Waals surface area contributed by atoms with E-state index < -0.39 is 4.92 Å². The highest BCUT2D eigenvalue weighted by molar-refractivity contribution is 5.93. The second-order valence-corrected chi connectivity index (χ2v) is 6.93. The summed E-state index contributed by atoms with van der Waals surface area (Å²) >= 11 is 0. The molecule has 1 aliphatic heterocycles. The number of nitro benzene ring substituents is 1. The molecule has 2 aromatic rings. The van der Waals surface area contributed by atoms with Gasteiger partial charge < -0.3 is 14.8 Å².